The van der Waals surface area contributed by atoms with E-state index in [0.717, 1.165) is 11.4 Å². The van der Waals surface area contributed by atoms with Gasteiger partial charge >= 0.3 is 0 Å². The Morgan fingerprint density at radius 2 is 1.61 bits per heavy atom. The lowest BCUT2D eigenvalue weighted by Gasteiger charge is -2.37. The quantitative estimate of drug-likeness (QED) is 0.510. The highest BCUT2D eigenvalue weighted by atomic mass is 19.1. The van der Waals surface area contributed by atoms with Crippen LogP contribution in [0.3, 0.4) is 0 Å². The van der Waals surface area contributed by atoms with Crippen molar-refractivity contribution in [2.24, 2.45) is 5.41 Å². The maximum Gasteiger partial charge on any atom is 0.259 e. The molecule has 0 fully saturated rings. The number of carbonyl (C=O) groups is 2. The van der Waals surface area contributed by atoms with Crippen molar-refractivity contribution in [1.82, 2.24) is 0 Å². The van der Waals surface area contributed by atoms with E-state index in [0.29, 0.717) is 35.2 Å². The molecule has 1 aliphatic heterocycles. The molecule has 1 amide bonds. The number of rotatable bonds is 2. The maximum absolute atomic E-state index is 15.3. The molecule has 5 rings (SSSR count). The van der Waals surface area contributed by atoms with Crippen molar-refractivity contribution < 1.29 is 14.0 Å². The molecule has 2 aliphatic rings. The van der Waals surface area contributed by atoms with Crippen LogP contribution in [0.25, 0.3) is 0 Å². The smallest absolute Gasteiger partial charge is 0.259 e. The Labute approximate surface area is 192 Å². The third kappa shape index (κ3) is 3.74. The van der Waals surface area contributed by atoms with E-state index in [2.05, 4.69) is 19.2 Å². The number of hydrogen-bond acceptors (Lipinski definition) is 3. The topological polar surface area (TPSA) is 49.4 Å². The van der Waals surface area contributed by atoms with Gasteiger partial charge < -0.3 is 5.32 Å². The zero-order valence-electron chi connectivity index (χ0n) is 18.6. The molecule has 3 aromatic carbocycles. The fourth-order valence-electron chi connectivity index (χ4n) is 4.92. The first-order valence-corrected chi connectivity index (χ1v) is 11.1. The molecule has 1 unspecified atom stereocenters. The van der Waals surface area contributed by atoms with E-state index in [4.69, 9.17) is 0 Å². The lowest BCUT2D eigenvalue weighted by atomic mass is 9.73. The highest BCUT2D eigenvalue weighted by Crippen LogP contribution is 2.49. The monoisotopic (exact) mass is 440 g/mol. The minimum Gasteiger partial charge on any atom is -0.357 e. The Hall–Kier alpha value is -3.73. The third-order valence-corrected chi connectivity index (χ3v) is 6.34. The van der Waals surface area contributed by atoms with E-state index in [1.165, 1.54) is 6.07 Å². The van der Waals surface area contributed by atoms with E-state index < -0.39 is 11.9 Å². The summed E-state index contributed by atoms with van der Waals surface area (Å²) in [4.78, 5) is 29.1. The Morgan fingerprint density at radius 3 is 2.36 bits per heavy atom. The van der Waals surface area contributed by atoms with Crippen molar-refractivity contribution >= 4 is 23.1 Å². The normalized spacial score (nSPS) is 19.3. The summed E-state index contributed by atoms with van der Waals surface area (Å²) < 4.78 is 15.3. The number of fused-ring (bicyclic) bond motifs is 1. The molecule has 3 aromatic rings. The van der Waals surface area contributed by atoms with E-state index in [-0.39, 0.29) is 17.1 Å². The van der Waals surface area contributed by atoms with Gasteiger partial charge in [0.1, 0.15) is 5.82 Å². The minimum absolute atomic E-state index is 0.0688. The summed E-state index contributed by atoms with van der Waals surface area (Å²) in [5.74, 6) is -0.803. The zero-order chi connectivity index (χ0) is 23.2. The summed E-state index contributed by atoms with van der Waals surface area (Å²) >= 11 is 0. The molecule has 33 heavy (non-hydrogen) atoms. The van der Waals surface area contributed by atoms with Crippen LogP contribution in [0, 0.1) is 11.2 Å². The van der Waals surface area contributed by atoms with Gasteiger partial charge in [-0.25, -0.2) is 4.39 Å². The molecule has 5 heteroatoms. The number of benzene rings is 3. The minimum atomic E-state index is -0.881. The van der Waals surface area contributed by atoms with E-state index >= 15 is 4.39 Å². The third-order valence-electron chi connectivity index (χ3n) is 6.34. The largest absolute Gasteiger partial charge is 0.357 e. The molecule has 0 aromatic heterocycles. The van der Waals surface area contributed by atoms with Crippen molar-refractivity contribution in [3.63, 3.8) is 0 Å². The van der Waals surface area contributed by atoms with Crippen LogP contribution in [0.2, 0.25) is 0 Å². The predicted octanol–water partition coefficient (Wildman–Crippen LogP) is 6.28. The molecular weight excluding hydrogens is 415 g/mol. The Morgan fingerprint density at radius 1 is 0.939 bits per heavy atom. The van der Waals surface area contributed by atoms with Crippen molar-refractivity contribution in [1.29, 1.82) is 0 Å². The van der Waals surface area contributed by atoms with Gasteiger partial charge in [0.05, 0.1) is 17.4 Å². The molecule has 1 atom stereocenters. The molecule has 0 radical (unpaired) electrons. The van der Waals surface area contributed by atoms with Crippen LogP contribution < -0.4 is 10.2 Å². The van der Waals surface area contributed by atoms with Crippen LogP contribution in [0.1, 0.15) is 48.7 Å². The van der Waals surface area contributed by atoms with E-state index in [1.54, 1.807) is 47.4 Å². The number of para-hydroxylation sites is 2. The Kier molecular flexibility index (Phi) is 5.12. The molecule has 4 nitrogen and oxygen atoms in total. The molecule has 0 saturated heterocycles. The number of hydrogen-bond donors (Lipinski definition) is 1. The zero-order valence-corrected chi connectivity index (χ0v) is 18.6. The number of halogens is 1. The van der Waals surface area contributed by atoms with Gasteiger partial charge in [-0.1, -0.05) is 62.4 Å². The predicted molar refractivity (Wildman–Crippen MR) is 128 cm³/mol. The fraction of sp³-hybridized carbons (Fsp3) is 0.214. The van der Waals surface area contributed by atoms with Crippen molar-refractivity contribution in [3.8, 4) is 0 Å². The van der Waals surface area contributed by atoms with Gasteiger partial charge in [-0.2, -0.15) is 0 Å². The molecule has 1 aliphatic carbocycles. The standard InChI is InChI=1S/C28H25FN2O2/c1-28(2)16-22-25(24(32)17-28)26(19-12-6-7-13-20(19)29)31(23-15-9-8-14-21(23)30-22)27(33)18-10-4-3-5-11-18/h3-15,26,30H,16-17H2,1-2H3. The second kappa shape index (κ2) is 8.00. The number of ketones is 1. The number of anilines is 2. The lowest BCUT2D eigenvalue weighted by molar-refractivity contribution is -0.118. The summed E-state index contributed by atoms with van der Waals surface area (Å²) in [6.07, 6.45) is 0.961. The van der Waals surface area contributed by atoms with E-state index in [9.17, 15) is 9.59 Å². The summed E-state index contributed by atoms with van der Waals surface area (Å²) in [6, 6.07) is 21.9. The first kappa shape index (κ1) is 21.1. The van der Waals surface area contributed by atoms with Crippen LogP contribution in [0.5, 0.6) is 0 Å². The molecule has 166 valence electrons. The highest BCUT2D eigenvalue weighted by molar-refractivity contribution is 6.12. The Bertz CT molecular complexity index is 1280. The Balaban J connectivity index is 1.82. The van der Waals surface area contributed by atoms with Crippen molar-refractivity contribution in [2.75, 3.05) is 10.2 Å². The highest BCUT2D eigenvalue weighted by Gasteiger charge is 2.44. The first-order chi connectivity index (χ1) is 15.9. The van der Waals surface area contributed by atoms with Gasteiger partial charge in [0.15, 0.2) is 5.78 Å². The van der Waals surface area contributed by atoms with Gasteiger partial charge in [-0.3, -0.25) is 14.5 Å². The molecule has 1 N–H and O–H groups in total. The SMILES string of the molecule is CC1(C)CC(=O)C2=C(C1)Nc1ccccc1N(C(=O)c1ccccc1)C2c1ccccc1F. The van der Waals surface area contributed by atoms with Gasteiger partial charge in [0, 0.05) is 28.8 Å². The molecule has 0 saturated carbocycles. The molecule has 0 bridgehead atoms. The van der Waals surface area contributed by atoms with Gasteiger partial charge in [-0.05, 0) is 42.2 Å². The number of amides is 1. The summed E-state index contributed by atoms with van der Waals surface area (Å²) in [5, 5.41) is 3.45. The number of allylic oxidation sites excluding steroid dienone is 1. The lowest BCUT2D eigenvalue weighted by Crippen LogP contribution is -2.40. The second-order valence-electron chi connectivity index (χ2n) is 9.44. The van der Waals surface area contributed by atoms with Gasteiger partial charge in [0.2, 0.25) is 0 Å². The average Bonchev–Trinajstić information content (AvgIpc) is 2.93. The van der Waals surface area contributed by atoms with Crippen LogP contribution in [0.4, 0.5) is 15.8 Å². The number of carbonyl (C=O) groups excluding carboxylic acids is 2. The van der Waals surface area contributed by atoms with Crippen LogP contribution in [-0.4, -0.2) is 11.7 Å². The van der Waals surface area contributed by atoms with Crippen LogP contribution in [-0.2, 0) is 4.79 Å². The van der Waals surface area contributed by atoms with E-state index in [1.807, 2.05) is 30.3 Å². The second-order valence-corrected chi connectivity index (χ2v) is 9.44. The van der Waals surface area contributed by atoms with Gasteiger partial charge in [-0.15, -0.1) is 0 Å². The molecule has 1 heterocycles. The van der Waals surface area contributed by atoms with Crippen molar-refractivity contribution in [2.45, 2.75) is 32.7 Å². The summed E-state index contributed by atoms with van der Waals surface area (Å²) in [5.41, 5.74) is 3.08. The van der Waals surface area contributed by atoms with Gasteiger partial charge in [0.25, 0.3) is 5.91 Å². The maximum atomic E-state index is 15.3. The molecule has 0 spiro atoms. The van der Waals surface area contributed by atoms with Crippen molar-refractivity contribution in [3.05, 3.63) is 107 Å². The molecular formula is C28H25FN2O2. The van der Waals surface area contributed by atoms with Crippen LogP contribution in [0.15, 0.2) is 90.1 Å². The average molecular weight is 441 g/mol. The fourth-order valence-corrected chi connectivity index (χ4v) is 4.92. The summed E-state index contributed by atoms with van der Waals surface area (Å²) in [6.45, 7) is 4.11. The number of nitrogens with one attached hydrogen (secondary N) is 1. The van der Waals surface area contributed by atoms with Crippen LogP contribution >= 0.6 is 0 Å². The number of Topliss-reactive ketones (excluding diaryl/α,β-unsaturated/α-hetero) is 1. The first-order valence-electron chi connectivity index (χ1n) is 11.1. The summed E-state index contributed by atoms with van der Waals surface area (Å²) in [7, 11) is 0. The number of nitrogens with zero attached hydrogens (tertiary/aromatic N) is 1.